The van der Waals surface area contributed by atoms with Crippen LogP contribution in [0.25, 0.3) is 5.76 Å². The lowest BCUT2D eigenvalue weighted by Gasteiger charge is -2.24. The van der Waals surface area contributed by atoms with Crippen LogP contribution in [0.2, 0.25) is 0 Å². The summed E-state index contributed by atoms with van der Waals surface area (Å²) >= 11 is 0. The fraction of sp³-hybridized carbons (Fsp3) is 0.286. The monoisotopic (exact) mass is 473 g/mol. The maximum atomic E-state index is 13.2. The second-order valence-electron chi connectivity index (χ2n) is 8.88. The first-order chi connectivity index (χ1) is 17.0. The zero-order chi connectivity index (χ0) is 24.5. The summed E-state index contributed by atoms with van der Waals surface area (Å²) in [5.41, 5.74) is 2.18. The summed E-state index contributed by atoms with van der Waals surface area (Å²) in [4.78, 5) is 27.8. The van der Waals surface area contributed by atoms with E-state index in [1.807, 2.05) is 44.2 Å². The molecule has 1 fully saturated rings. The van der Waals surface area contributed by atoms with Gasteiger partial charge in [-0.1, -0.05) is 19.1 Å². The van der Waals surface area contributed by atoms with E-state index in [9.17, 15) is 14.7 Å². The van der Waals surface area contributed by atoms with Gasteiger partial charge in [0.05, 0.1) is 31.0 Å². The molecule has 2 aromatic carbocycles. The standard InChI is InChI=1S/C28H27NO6/c1-3-12-33-21-9-6-18(7-10-21)25-24(27(31)28(32)29(25)16-22-5-4-13-34-22)26(30)19-8-11-23-20(15-19)14-17(2)35-23/h4-11,13,15,17,25,30H,3,12,14,16H2,1-2H3/b26-24-. The summed E-state index contributed by atoms with van der Waals surface area (Å²) < 4.78 is 16.9. The molecular formula is C28H27NO6. The van der Waals surface area contributed by atoms with E-state index in [4.69, 9.17) is 13.9 Å². The molecule has 3 aromatic rings. The Morgan fingerprint density at radius 3 is 2.66 bits per heavy atom. The highest BCUT2D eigenvalue weighted by Gasteiger charge is 2.46. The third-order valence-corrected chi connectivity index (χ3v) is 6.28. The van der Waals surface area contributed by atoms with E-state index in [2.05, 4.69) is 0 Å². The van der Waals surface area contributed by atoms with Crippen LogP contribution in [-0.4, -0.2) is 34.4 Å². The number of amides is 1. The van der Waals surface area contributed by atoms with Gasteiger partial charge in [0.1, 0.15) is 29.1 Å². The Hall–Kier alpha value is -4.00. The van der Waals surface area contributed by atoms with Crippen LogP contribution in [0, 0.1) is 0 Å². The van der Waals surface area contributed by atoms with Crippen LogP contribution in [0.5, 0.6) is 11.5 Å². The molecule has 0 bridgehead atoms. The first kappa shape index (κ1) is 22.8. The number of carbonyl (C=O) groups is 2. The predicted molar refractivity (Wildman–Crippen MR) is 129 cm³/mol. The molecule has 0 radical (unpaired) electrons. The third-order valence-electron chi connectivity index (χ3n) is 6.28. The van der Waals surface area contributed by atoms with Crippen LogP contribution in [0.15, 0.2) is 70.9 Å². The number of aliphatic hydroxyl groups is 1. The maximum absolute atomic E-state index is 13.2. The number of benzene rings is 2. The van der Waals surface area contributed by atoms with Gasteiger partial charge in [-0.15, -0.1) is 0 Å². The Balaban J connectivity index is 1.58. The first-order valence-corrected chi connectivity index (χ1v) is 11.8. The zero-order valence-corrected chi connectivity index (χ0v) is 19.7. The quantitative estimate of drug-likeness (QED) is 0.295. The van der Waals surface area contributed by atoms with Crippen LogP contribution in [0.4, 0.5) is 0 Å². The van der Waals surface area contributed by atoms with Crippen LogP contribution in [0.3, 0.4) is 0 Å². The molecule has 0 spiro atoms. The Bertz CT molecular complexity index is 1280. The van der Waals surface area contributed by atoms with Gasteiger partial charge in [-0.25, -0.2) is 0 Å². The highest BCUT2D eigenvalue weighted by molar-refractivity contribution is 6.46. The van der Waals surface area contributed by atoms with Gasteiger partial charge in [0.25, 0.3) is 11.7 Å². The molecule has 2 aliphatic heterocycles. The molecule has 35 heavy (non-hydrogen) atoms. The molecule has 2 unspecified atom stereocenters. The number of Topliss-reactive ketones (excluding diaryl/α,β-unsaturated/α-hetero) is 1. The van der Waals surface area contributed by atoms with Gasteiger partial charge in [0, 0.05) is 12.0 Å². The molecule has 0 aliphatic carbocycles. The van der Waals surface area contributed by atoms with E-state index in [0.29, 0.717) is 35.7 Å². The number of likely N-dealkylation sites (tertiary alicyclic amines) is 1. The number of furan rings is 1. The lowest BCUT2D eigenvalue weighted by atomic mass is 9.94. The highest BCUT2D eigenvalue weighted by Crippen LogP contribution is 2.41. The summed E-state index contributed by atoms with van der Waals surface area (Å²) in [6.07, 6.45) is 3.17. The Morgan fingerprint density at radius 2 is 1.94 bits per heavy atom. The van der Waals surface area contributed by atoms with Crippen molar-refractivity contribution in [2.45, 2.75) is 45.4 Å². The number of ether oxygens (including phenoxy) is 2. The van der Waals surface area contributed by atoms with Crippen molar-refractivity contribution < 1.29 is 28.6 Å². The van der Waals surface area contributed by atoms with Crippen LogP contribution < -0.4 is 9.47 Å². The second-order valence-corrected chi connectivity index (χ2v) is 8.88. The molecule has 3 heterocycles. The molecule has 2 aliphatic rings. The summed E-state index contributed by atoms with van der Waals surface area (Å²) in [7, 11) is 0. The Morgan fingerprint density at radius 1 is 1.14 bits per heavy atom. The summed E-state index contributed by atoms with van der Waals surface area (Å²) in [5, 5.41) is 11.3. The zero-order valence-electron chi connectivity index (χ0n) is 19.7. The van der Waals surface area contributed by atoms with Gasteiger partial charge in [0.15, 0.2) is 0 Å². The van der Waals surface area contributed by atoms with Gasteiger partial charge in [-0.05, 0) is 66.9 Å². The molecule has 0 saturated carbocycles. The topological polar surface area (TPSA) is 89.2 Å². The largest absolute Gasteiger partial charge is 0.507 e. The van der Waals surface area contributed by atoms with Gasteiger partial charge in [-0.2, -0.15) is 0 Å². The molecule has 2 atom stereocenters. The van der Waals surface area contributed by atoms with Crippen molar-refractivity contribution in [1.82, 2.24) is 4.90 Å². The number of nitrogens with zero attached hydrogens (tertiary/aromatic N) is 1. The molecular weight excluding hydrogens is 446 g/mol. The van der Waals surface area contributed by atoms with Crippen molar-refractivity contribution in [1.29, 1.82) is 0 Å². The third kappa shape index (κ3) is 4.30. The van der Waals surface area contributed by atoms with Gasteiger partial charge >= 0.3 is 0 Å². The second kappa shape index (κ2) is 9.33. The predicted octanol–water partition coefficient (Wildman–Crippen LogP) is 5.01. The van der Waals surface area contributed by atoms with Crippen molar-refractivity contribution >= 4 is 17.4 Å². The molecule has 7 nitrogen and oxygen atoms in total. The molecule has 1 amide bonds. The Kier molecular flexibility index (Phi) is 6.07. The summed E-state index contributed by atoms with van der Waals surface area (Å²) in [6.45, 7) is 4.70. The van der Waals surface area contributed by atoms with E-state index < -0.39 is 17.7 Å². The lowest BCUT2D eigenvalue weighted by molar-refractivity contribution is -0.140. The fourth-order valence-corrected chi connectivity index (χ4v) is 4.65. The minimum Gasteiger partial charge on any atom is -0.507 e. The van der Waals surface area contributed by atoms with Gasteiger partial charge < -0.3 is 23.9 Å². The van der Waals surface area contributed by atoms with Crippen molar-refractivity contribution in [3.8, 4) is 11.5 Å². The summed E-state index contributed by atoms with van der Waals surface area (Å²) in [5.74, 6) is 0.401. The number of aliphatic hydroxyl groups excluding tert-OH is 1. The van der Waals surface area contributed by atoms with Crippen molar-refractivity contribution in [2.24, 2.45) is 0 Å². The van der Waals surface area contributed by atoms with Crippen LogP contribution >= 0.6 is 0 Å². The van der Waals surface area contributed by atoms with E-state index >= 15 is 0 Å². The number of hydrogen-bond acceptors (Lipinski definition) is 6. The van der Waals surface area contributed by atoms with E-state index in [0.717, 1.165) is 17.7 Å². The number of fused-ring (bicyclic) bond motifs is 1. The van der Waals surface area contributed by atoms with E-state index in [-0.39, 0.29) is 24.0 Å². The molecule has 1 saturated heterocycles. The number of hydrogen-bond donors (Lipinski definition) is 1. The smallest absolute Gasteiger partial charge is 0.296 e. The highest BCUT2D eigenvalue weighted by atomic mass is 16.5. The van der Waals surface area contributed by atoms with Gasteiger partial charge in [0.2, 0.25) is 0 Å². The number of rotatable bonds is 7. The lowest BCUT2D eigenvalue weighted by Crippen LogP contribution is -2.29. The minimum atomic E-state index is -0.774. The van der Waals surface area contributed by atoms with Crippen LogP contribution in [-0.2, 0) is 22.6 Å². The first-order valence-electron chi connectivity index (χ1n) is 11.8. The maximum Gasteiger partial charge on any atom is 0.296 e. The fourth-order valence-electron chi connectivity index (χ4n) is 4.65. The summed E-state index contributed by atoms with van der Waals surface area (Å²) in [6, 6.07) is 15.3. The van der Waals surface area contributed by atoms with Crippen molar-refractivity contribution in [2.75, 3.05) is 6.61 Å². The van der Waals surface area contributed by atoms with Crippen molar-refractivity contribution in [3.63, 3.8) is 0 Å². The molecule has 180 valence electrons. The molecule has 5 rings (SSSR count). The number of ketones is 1. The number of carbonyl (C=O) groups excluding carboxylic acids is 2. The minimum absolute atomic E-state index is 0.0507. The van der Waals surface area contributed by atoms with E-state index in [1.54, 1.807) is 24.3 Å². The molecule has 1 N–H and O–H groups in total. The van der Waals surface area contributed by atoms with Crippen LogP contribution in [0.1, 0.15) is 48.8 Å². The van der Waals surface area contributed by atoms with E-state index in [1.165, 1.54) is 11.2 Å². The van der Waals surface area contributed by atoms with Gasteiger partial charge in [-0.3, -0.25) is 9.59 Å². The normalized spacial score (nSPS) is 20.7. The molecule has 7 heteroatoms. The molecule has 1 aromatic heterocycles. The van der Waals surface area contributed by atoms with Crippen molar-refractivity contribution in [3.05, 3.63) is 88.9 Å². The average Bonchev–Trinajstić information content (AvgIpc) is 3.57. The average molecular weight is 474 g/mol. The SMILES string of the molecule is CCCOc1ccc(C2/C(=C(/O)c3ccc4c(c3)CC(C)O4)C(=O)C(=O)N2Cc2ccco2)cc1. The Labute approximate surface area is 203 Å².